The minimum atomic E-state index is -0.273. The lowest BCUT2D eigenvalue weighted by Gasteiger charge is -2.47. The monoisotopic (exact) mass is 600 g/mol. The summed E-state index contributed by atoms with van der Waals surface area (Å²) in [6.07, 6.45) is 12.5. The first-order chi connectivity index (χ1) is 21.1. The van der Waals surface area contributed by atoms with Crippen molar-refractivity contribution in [2.45, 2.75) is 117 Å². The number of aromatic nitrogens is 1. The Hall–Kier alpha value is -2.83. The SMILES string of the molecule is CC/C=C(\C)c1cccc(C(C(OC(C)(C)C)=C2CCC2)N2CC(OCCCCCc3ccc4c(n3)NCC(C)C4)C2)c1N. The molecule has 6 heteroatoms. The van der Waals surface area contributed by atoms with Crippen LogP contribution >= 0.6 is 0 Å². The fourth-order valence-corrected chi connectivity index (χ4v) is 6.66. The third kappa shape index (κ3) is 8.06. The van der Waals surface area contributed by atoms with Crippen molar-refractivity contribution >= 4 is 17.1 Å². The summed E-state index contributed by atoms with van der Waals surface area (Å²) in [4.78, 5) is 7.40. The summed E-state index contributed by atoms with van der Waals surface area (Å²) in [5, 5.41) is 3.50. The molecule has 1 aromatic carbocycles. The van der Waals surface area contributed by atoms with Crippen molar-refractivity contribution in [3.63, 3.8) is 0 Å². The van der Waals surface area contributed by atoms with Crippen molar-refractivity contribution < 1.29 is 9.47 Å². The normalized spacial score (nSPS) is 19.9. The van der Waals surface area contributed by atoms with Crippen LogP contribution in [-0.4, -0.2) is 47.8 Å². The molecule has 3 heterocycles. The second-order valence-corrected chi connectivity index (χ2v) is 14.3. The number of hydrogen-bond donors (Lipinski definition) is 2. The second-order valence-electron chi connectivity index (χ2n) is 14.3. The maximum atomic E-state index is 6.95. The molecule has 2 atom stereocenters. The molecule has 1 saturated carbocycles. The molecule has 6 nitrogen and oxygen atoms in total. The quantitative estimate of drug-likeness (QED) is 0.136. The Labute approximate surface area is 266 Å². The van der Waals surface area contributed by atoms with Gasteiger partial charge in [-0.2, -0.15) is 0 Å². The molecule has 240 valence electrons. The summed E-state index contributed by atoms with van der Waals surface area (Å²) in [6, 6.07) is 11.0. The van der Waals surface area contributed by atoms with E-state index in [9.17, 15) is 0 Å². The predicted octanol–water partition coefficient (Wildman–Crippen LogP) is 8.49. The summed E-state index contributed by atoms with van der Waals surface area (Å²) in [5.74, 6) is 2.90. The number of anilines is 2. The van der Waals surface area contributed by atoms with E-state index in [1.54, 1.807) is 0 Å². The molecule has 1 aliphatic carbocycles. The summed E-state index contributed by atoms with van der Waals surface area (Å²) in [6.45, 7) is 16.7. The first kappa shape index (κ1) is 32.6. The van der Waals surface area contributed by atoms with Gasteiger partial charge in [-0.05, 0) is 108 Å². The van der Waals surface area contributed by atoms with Crippen LogP contribution < -0.4 is 11.1 Å². The van der Waals surface area contributed by atoms with Crippen molar-refractivity contribution in [2.24, 2.45) is 5.92 Å². The molecule has 3 aliphatic rings. The number of likely N-dealkylation sites (tertiary alicyclic amines) is 1. The van der Waals surface area contributed by atoms with Gasteiger partial charge < -0.3 is 20.5 Å². The number of nitrogens with two attached hydrogens (primary N) is 1. The Morgan fingerprint density at radius 2 is 1.93 bits per heavy atom. The Balaban J connectivity index is 1.17. The zero-order chi connectivity index (χ0) is 31.3. The fraction of sp³-hybridized carbons (Fsp3) is 0.605. The largest absolute Gasteiger partial charge is 0.491 e. The summed E-state index contributed by atoms with van der Waals surface area (Å²) in [5.41, 5.74) is 15.1. The van der Waals surface area contributed by atoms with Gasteiger partial charge >= 0.3 is 0 Å². The number of aryl methyl sites for hydroxylation is 1. The van der Waals surface area contributed by atoms with E-state index in [2.05, 4.69) is 88.2 Å². The Kier molecular flexibility index (Phi) is 10.7. The van der Waals surface area contributed by atoms with Gasteiger partial charge in [0, 0.05) is 48.7 Å². The molecule has 2 fully saturated rings. The molecule has 2 unspecified atom stereocenters. The number of unbranched alkanes of at least 4 members (excludes halogenated alkanes) is 2. The molecular formula is C38H56N4O2. The van der Waals surface area contributed by atoms with Crippen LogP contribution in [0.25, 0.3) is 5.57 Å². The number of fused-ring (bicyclic) bond motifs is 1. The van der Waals surface area contributed by atoms with Gasteiger partial charge in [0.1, 0.15) is 17.2 Å². The molecule has 0 bridgehead atoms. The van der Waals surface area contributed by atoms with Crippen LogP contribution in [0.3, 0.4) is 0 Å². The molecule has 1 saturated heterocycles. The van der Waals surface area contributed by atoms with Gasteiger partial charge in [-0.15, -0.1) is 0 Å². The van der Waals surface area contributed by atoms with Gasteiger partial charge in [-0.1, -0.05) is 50.6 Å². The number of hydrogen-bond acceptors (Lipinski definition) is 6. The van der Waals surface area contributed by atoms with E-state index in [1.165, 1.54) is 28.8 Å². The Morgan fingerprint density at radius 3 is 2.64 bits per heavy atom. The minimum absolute atomic E-state index is 0.0144. The van der Waals surface area contributed by atoms with Crippen LogP contribution in [0, 0.1) is 5.92 Å². The average Bonchev–Trinajstić information content (AvgIpc) is 2.92. The molecule has 1 aromatic heterocycles. The van der Waals surface area contributed by atoms with Crippen molar-refractivity contribution in [1.82, 2.24) is 9.88 Å². The zero-order valence-electron chi connectivity index (χ0n) is 28.2. The predicted molar refractivity (Wildman–Crippen MR) is 184 cm³/mol. The van der Waals surface area contributed by atoms with Crippen molar-refractivity contribution in [2.75, 3.05) is 37.3 Å². The third-order valence-electron chi connectivity index (χ3n) is 9.23. The average molecular weight is 601 g/mol. The first-order valence-corrected chi connectivity index (χ1v) is 17.2. The fourth-order valence-electron chi connectivity index (χ4n) is 6.66. The van der Waals surface area contributed by atoms with Gasteiger partial charge in [-0.3, -0.25) is 4.90 Å². The van der Waals surface area contributed by atoms with Crippen LogP contribution in [0.1, 0.15) is 115 Å². The van der Waals surface area contributed by atoms with E-state index >= 15 is 0 Å². The van der Waals surface area contributed by atoms with Crippen molar-refractivity contribution in [1.29, 1.82) is 0 Å². The highest BCUT2D eigenvalue weighted by Crippen LogP contribution is 2.44. The summed E-state index contributed by atoms with van der Waals surface area (Å²) < 4.78 is 13.1. The van der Waals surface area contributed by atoms with Crippen LogP contribution in [0.4, 0.5) is 11.5 Å². The number of nitrogen functional groups attached to an aromatic ring is 1. The smallest absolute Gasteiger partial charge is 0.129 e. The lowest BCUT2D eigenvalue weighted by atomic mass is 9.85. The van der Waals surface area contributed by atoms with Gasteiger partial charge in [-0.25, -0.2) is 4.98 Å². The van der Waals surface area contributed by atoms with Gasteiger partial charge in [0.25, 0.3) is 0 Å². The van der Waals surface area contributed by atoms with Crippen LogP contribution in [0.15, 0.2) is 47.7 Å². The zero-order valence-corrected chi connectivity index (χ0v) is 28.2. The van der Waals surface area contributed by atoms with Crippen LogP contribution in [0.2, 0.25) is 0 Å². The topological polar surface area (TPSA) is 72.6 Å². The number of ether oxygens (including phenoxy) is 2. The van der Waals surface area contributed by atoms with Gasteiger partial charge in [0.2, 0.25) is 0 Å². The standard InChI is InChI=1S/C38H56N4O2/c1-7-13-27(3)32-17-12-18-33(34(32)39)35(36(28-14-11-15-28)44-38(4,5)6)42-24-31(25-42)43-21-10-8-9-16-30-20-19-29-22-26(2)23-40-37(29)41-30/h12-13,17-20,26,31,35H,7-11,14-16,21-25,39H2,1-6H3,(H,40,41)/b27-13+. The Bertz CT molecular complexity index is 1330. The second kappa shape index (κ2) is 14.5. The van der Waals surface area contributed by atoms with Crippen molar-refractivity contribution in [3.8, 4) is 0 Å². The van der Waals surface area contributed by atoms with E-state index in [4.69, 9.17) is 20.2 Å². The molecule has 0 radical (unpaired) electrons. The highest BCUT2D eigenvalue weighted by Gasteiger charge is 2.40. The number of nitrogens with one attached hydrogen (secondary N) is 1. The highest BCUT2D eigenvalue weighted by molar-refractivity contribution is 5.76. The highest BCUT2D eigenvalue weighted by atomic mass is 16.5. The van der Waals surface area contributed by atoms with E-state index in [1.807, 2.05) is 0 Å². The maximum absolute atomic E-state index is 6.95. The molecule has 0 spiro atoms. The number of para-hydroxylation sites is 1. The molecular weight excluding hydrogens is 544 g/mol. The summed E-state index contributed by atoms with van der Waals surface area (Å²) >= 11 is 0. The molecule has 2 aliphatic heterocycles. The number of allylic oxidation sites excluding steroid dienone is 3. The summed E-state index contributed by atoms with van der Waals surface area (Å²) in [7, 11) is 0. The Morgan fingerprint density at radius 1 is 1.14 bits per heavy atom. The third-order valence-corrected chi connectivity index (χ3v) is 9.23. The lowest BCUT2D eigenvalue weighted by Crippen LogP contribution is -2.54. The van der Waals surface area contributed by atoms with E-state index < -0.39 is 0 Å². The molecule has 3 N–H and O–H groups in total. The number of rotatable bonds is 13. The molecule has 44 heavy (non-hydrogen) atoms. The lowest BCUT2D eigenvalue weighted by molar-refractivity contribution is -0.0832. The number of pyridine rings is 1. The number of nitrogens with zero attached hydrogens (tertiary/aromatic N) is 2. The molecule has 0 amide bonds. The van der Waals surface area contributed by atoms with Gasteiger partial charge in [0.15, 0.2) is 0 Å². The minimum Gasteiger partial charge on any atom is -0.491 e. The van der Waals surface area contributed by atoms with E-state index in [-0.39, 0.29) is 17.7 Å². The van der Waals surface area contributed by atoms with Gasteiger partial charge in [0.05, 0.1) is 12.1 Å². The maximum Gasteiger partial charge on any atom is 0.129 e. The van der Waals surface area contributed by atoms with Crippen LogP contribution in [-0.2, 0) is 22.3 Å². The molecule has 5 rings (SSSR count). The van der Waals surface area contributed by atoms with Crippen LogP contribution in [0.5, 0.6) is 0 Å². The van der Waals surface area contributed by atoms with E-state index in [0.29, 0.717) is 5.92 Å². The number of benzene rings is 1. The molecule has 2 aromatic rings. The van der Waals surface area contributed by atoms with Crippen molar-refractivity contribution in [3.05, 3.63) is 70.1 Å². The van der Waals surface area contributed by atoms with E-state index in [0.717, 1.165) is 106 Å². The first-order valence-electron chi connectivity index (χ1n) is 17.2.